The van der Waals surface area contributed by atoms with E-state index in [4.69, 9.17) is 9.26 Å². The maximum Gasteiger partial charge on any atom is 0.239 e. The first kappa shape index (κ1) is 21.1. The molecule has 0 bridgehead atoms. The summed E-state index contributed by atoms with van der Waals surface area (Å²) in [6, 6.07) is 18.0. The SMILES string of the molecule is Cc1ccccc1OCc1nnc(S[C@H](C)c2nc(C(C)C)no2)n1-c1ccccc1. The van der Waals surface area contributed by atoms with E-state index >= 15 is 0 Å². The molecule has 0 fully saturated rings. The Balaban J connectivity index is 1.60. The molecule has 2 aromatic carbocycles. The van der Waals surface area contributed by atoms with Crippen molar-refractivity contribution in [3.05, 3.63) is 77.7 Å². The Morgan fingerprint density at radius 3 is 2.45 bits per heavy atom. The van der Waals surface area contributed by atoms with Crippen molar-refractivity contribution in [2.24, 2.45) is 0 Å². The molecule has 0 aliphatic carbocycles. The molecule has 0 aliphatic heterocycles. The Morgan fingerprint density at radius 2 is 1.74 bits per heavy atom. The van der Waals surface area contributed by atoms with E-state index in [1.54, 1.807) is 0 Å². The predicted molar refractivity (Wildman–Crippen MR) is 120 cm³/mol. The zero-order chi connectivity index (χ0) is 21.8. The lowest BCUT2D eigenvalue weighted by Crippen LogP contribution is -2.07. The molecule has 0 radical (unpaired) electrons. The summed E-state index contributed by atoms with van der Waals surface area (Å²) in [4.78, 5) is 4.52. The summed E-state index contributed by atoms with van der Waals surface area (Å²) < 4.78 is 13.5. The van der Waals surface area contributed by atoms with Gasteiger partial charge >= 0.3 is 0 Å². The summed E-state index contributed by atoms with van der Waals surface area (Å²) in [5.74, 6) is 3.05. The molecule has 31 heavy (non-hydrogen) atoms. The maximum atomic E-state index is 6.04. The lowest BCUT2D eigenvalue weighted by Gasteiger charge is -2.13. The van der Waals surface area contributed by atoms with Gasteiger partial charge in [-0.25, -0.2) is 0 Å². The minimum absolute atomic E-state index is 0.0724. The van der Waals surface area contributed by atoms with Gasteiger partial charge in [-0.15, -0.1) is 10.2 Å². The number of hydrogen-bond acceptors (Lipinski definition) is 7. The molecule has 0 N–H and O–H groups in total. The Labute approximate surface area is 185 Å². The van der Waals surface area contributed by atoms with Crippen LogP contribution in [0.3, 0.4) is 0 Å². The van der Waals surface area contributed by atoms with Crippen LogP contribution in [0.1, 0.15) is 55.0 Å². The van der Waals surface area contributed by atoms with Gasteiger partial charge in [-0.3, -0.25) is 4.57 Å². The van der Waals surface area contributed by atoms with Crippen LogP contribution >= 0.6 is 11.8 Å². The fourth-order valence-corrected chi connectivity index (χ4v) is 3.94. The smallest absolute Gasteiger partial charge is 0.239 e. The largest absolute Gasteiger partial charge is 0.485 e. The Hall–Kier alpha value is -3.13. The number of hydrogen-bond donors (Lipinski definition) is 0. The van der Waals surface area contributed by atoms with Crippen LogP contribution < -0.4 is 4.74 Å². The second kappa shape index (κ2) is 9.34. The number of nitrogens with zero attached hydrogens (tertiary/aromatic N) is 5. The summed E-state index contributed by atoms with van der Waals surface area (Å²) in [6.07, 6.45) is 0. The molecule has 1 atom stereocenters. The monoisotopic (exact) mass is 435 g/mol. The van der Waals surface area contributed by atoms with E-state index < -0.39 is 0 Å². The van der Waals surface area contributed by atoms with Gasteiger partial charge in [0, 0.05) is 11.6 Å². The molecule has 7 nitrogen and oxygen atoms in total. The van der Waals surface area contributed by atoms with Gasteiger partial charge in [0.05, 0.1) is 5.25 Å². The molecule has 4 aromatic rings. The van der Waals surface area contributed by atoms with Crippen molar-refractivity contribution in [2.45, 2.75) is 50.6 Å². The van der Waals surface area contributed by atoms with Crippen LogP contribution in [-0.2, 0) is 6.61 Å². The first-order valence-electron chi connectivity index (χ1n) is 10.2. The van der Waals surface area contributed by atoms with E-state index in [1.807, 2.05) is 86.9 Å². The highest BCUT2D eigenvalue weighted by molar-refractivity contribution is 7.99. The second-order valence-electron chi connectivity index (χ2n) is 7.53. The minimum atomic E-state index is -0.0724. The number of aromatic nitrogens is 5. The van der Waals surface area contributed by atoms with Gasteiger partial charge in [0.1, 0.15) is 12.4 Å². The van der Waals surface area contributed by atoms with Crippen LogP contribution in [0, 0.1) is 6.92 Å². The normalized spacial score (nSPS) is 12.3. The summed E-state index contributed by atoms with van der Waals surface area (Å²) in [5, 5.41) is 13.6. The standard InChI is InChI=1S/C23H25N5O2S/c1-15(2)21-24-22(30-27-21)17(4)31-23-26-25-20(28(23)18-11-6-5-7-12-18)14-29-19-13-9-8-10-16(19)3/h5-13,15,17H,14H2,1-4H3/t17-/m1/s1. The number of aryl methyl sites for hydroxylation is 1. The molecule has 0 aliphatic rings. The highest BCUT2D eigenvalue weighted by Gasteiger charge is 2.22. The quantitative estimate of drug-likeness (QED) is 0.337. The average Bonchev–Trinajstić information content (AvgIpc) is 3.41. The van der Waals surface area contributed by atoms with Crippen molar-refractivity contribution in [2.75, 3.05) is 0 Å². The topological polar surface area (TPSA) is 78.9 Å². The van der Waals surface area contributed by atoms with Crippen LogP contribution in [-0.4, -0.2) is 24.9 Å². The van der Waals surface area contributed by atoms with E-state index in [2.05, 4.69) is 20.3 Å². The highest BCUT2D eigenvalue weighted by Crippen LogP contribution is 2.35. The highest BCUT2D eigenvalue weighted by atomic mass is 32.2. The van der Waals surface area contributed by atoms with Crippen LogP contribution in [0.5, 0.6) is 5.75 Å². The number of ether oxygens (including phenoxy) is 1. The van der Waals surface area contributed by atoms with Crippen molar-refractivity contribution in [1.29, 1.82) is 0 Å². The van der Waals surface area contributed by atoms with Gasteiger partial charge < -0.3 is 9.26 Å². The van der Waals surface area contributed by atoms with Crippen LogP contribution in [0.15, 0.2) is 64.3 Å². The van der Waals surface area contributed by atoms with Crippen molar-refractivity contribution in [3.63, 3.8) is 0 Å². The maximum absolute atomic E-state index is 6.04. The van der Waals surface area contributed by atoms with Gasteiger partial charge in [-0.1, -0.05) is 67.2 Å². The molecule has 0 spiro atoms. The van der Waals surface area contributed by atoms with Crippen LogP contribution in [0.4, 0.5) is 0 Å². The van der Waals surface area contributed by atoms with Gasteiger partial charge in [0.25, 0.3) is 0 Å². The third-order valence-corrected chi connectivity index (χ3v) is 5.80. The van der Waals surface area contributed by atoms with E-state index in [-0.39, 0.29) is 11.2 Å². The van der Waals surface area contributed by atoms with Crippen molar-refractivity contribution >= 4 is 11.8 Å². The van der Waals surface area contributed by atoms with Crippen LogP contribution in [0.2, 0.25) is 0 Å². The number of para-hydroxylation sites is 2. The molecule has 160 valence electrons. The lowest BCUT2D eigenvalue weighted by atomic mass is 10.2. The summed E-state index contributed by atoms with van der Waals surface area (Å²) >= 11 is 1.53. The third kappa shape index (κ3) is 4.80. The summed E-state index contributed by atoms with van der Waals surface area (Å²) in [5.41, 5.74) is 2.05. The lowest BCUT2D eigenvalue weighted by molar-refractivity contribution is 0.291. The Morgan fingerprint density at radius 1 is 1.00 bits per heavy atom. The minimum Gasteiger partial charge on any atom is -0.485 e. The molecule has 4 rings (SSSR count). The van der Waals surface area contributed by atoms with Gasteiger partial charge in [0.2, 0.25) is 5.89 Å². The van der Waals surface area contributed by atoms with E-state index in [0.717, 1.165) is 28.0 Å². The van der Waals surface area contributed by atoms with Crippen molar-refractivity contribution < 1.29 is 9.26 Å². The van der Waals surface area contributed by atoms with E-state index in [1.165, 1.54) is 11.8 Å². The number of thioether (sulfide) groups is 1. The molecular formula is C23H25N5O2S. The molecule has 0 amide bonds. The third-order valence-electron chi connectivity index (χ3n) is 4.77. The van der Waals surface area contributed by atoms with Crippen molar-refractivity contribution in [3.8, 4) is 11.4 Å². The predicted octanol–water partition coefficient (Wildman–Crippen LogP) is 5.51. The Bertz CT molecular complexity index is 1140. The fourth-order valence-electron chi connectivity index (χ4n) is 3.02. The first-order valence-corrected chi connectivity index (χ1v) is 11.1. The summed E-state index contributed by atoms with van der Waals surface area (Å²) in [6.45, 7) is 8.43. The first-order chi connectivity index (χ1) is 15.0. The number of rotatable bonds is 8. The molecule has 8 heteroatoms. The van der Waals surface area contributed by atoms with Gasteiger partial charge in [0.15, 0.2) is 16.8 Å². The zero-order valence-electron chi connectivity index (χ0n) is 18.0. The number of benzene rings is 2. The molecule has 2 aromatic heterocycles. The van der Waals surface area contributed by atoms with Gasteiger partial charge in [-0.05, 0) is 37.6 Å². The second-order valence-corrected chi connectivity index (χ2v) is 8.84. The van der Waals surface area contributed by atoms with E-state index in [0.29, 0.717) is 18.3 Å². The Kier molecular flexibility index (Phi) is 6.36. The zero-order valence-corrected chi connectivity index (χ0v) is 18.8. The van der Waals surface area contributed by atoms with E-state index in [9.17, 15) is 0 Å². The average molecular weight is 436 g/mol. The molecule has 0 saturated heterocycles. The molecule has 0 saturated carbocycles. The molecular weight excluding hydrogens is 410 g/mol. The van der Waals surface area contributed by atoms with Crippen LogP contribution in [0.25, 0.3) is 5.69 Å². The molecule has 2 heterocycles. The molecule has 0 unspecified atom stereocenters. The van der Waals surface area contributed by atoms with Gasteiger partial charge in [-0.2, -0.15) is 4.98 Å². The summed E-state index contributed by atoms with van der Waals surface area (Å²) in [7, 11) is 0. The van der Waals surface area contributed by atoms with Crippen molar-refractivity contribution in [1.82, 2.24) is 24.9 Å². The fraction of sp³-hybridized carbons (Fsp3) is 0.304.